The Labute approximate surface area is 62.4 Å². The molecule has 0 saturated heterocycles. The Hall–Kier alpha value is -0.850. The highest BCUT2D eigenvalue weighted by Crippen LogP contribution is 1.93. The van der Waals surface area contributed by atoms with E-state index in [1.54, 1.807) is 0 Å². The summed E-state index contributed by atoms with van der Waals surface area (Å²) < 4.78 is 0. The van der Waals surface area contributed by atoms with Crippen LogP contribution >= 0.6 is 0 Å². The first-order valence-corrected chi connectivity index (χ1v) is 3.52. The van der Waals surface area contributed by atoms with E-state index in [1.165, 1.54) is 0 Å². The van der Waals surface area contributed by atoms with Gasteiger partial charge in [0.05, 0.1) is 0 Å². The van der Waals surface area contributed by atoms with Crippen molar-refractivity contribution in [1.82, 2.24) is 0 Å². The predicted octanol–water partition coefficient (Wildman–Crippen LogP) is 2.40. The Morgan fingerprint density at radius 1 is 1.20 bits per heavy atom. The molecule has 0 aliphatic heterocycles. The van der Waals surface area contributed by atoms with Gasteiger partial charge in [0.15, 0.2) is 6.29 Å². The van der Waals surface area contributed by atoms with Crippen LogP contribution < -0.4 is 0 Å². The summed E-state index contributed by atoms with van der Waals surface area (Å²) >= 11 is 0. The monoisotopic (exact) mass is 137 g/mol. The van der Waals surface area contributed by atoms with Crippen molar-refractivity contribution in [3.8, 4) is 0 Å². The molecule has 0 amide bonds. The van der Waals surface area contributed by atoms with Crippen LogP contribution in [0.25, 0.3) is 0 Å². The minimum absolute atomic E-state index is 0.518. The molecule has 0 rings (SSSR count). The molecule has 0 saturated carbocycles. The lowest BCUT2D eigenvalue weighted by Crippen LogP contribution is -1.70. The molecule has 1 radical (unpaired) electrons. The number of hydrogen-bond acceptors (Lipinski definition) is 1. The lowest BCUT2D eigenvalue weighted by atomic mass is 10.2. The molecule has 1 heteroatoms. The van der Waals surface area contributed by atoms with Gasteiger partial charge in [-0.05, 0) is 19.3 Å². The summed E-state index contributed by atoms with van der Waals surface area (Å²) in [6.45, 7) is 3.60. The highest BCUT2D eigenvalue weighted by molar-refractivity contribution is 5.50. The minimum atomic E-state index is 0.518. The smallest absolute Gasteiger partial charge is 0.198 e. The van der Waals surface area contributed by atoms with Crippen LogP contribution in [0.3, 0.4) is 0 Å². The van der Waals surface area contributed by atoms with Crippen molar-refractivity contribution in [3.63, 3.8) is 0 Å². The van der Waals surface area contributed by atoms with Crippen LogP contribution in [-0.4, -0.2) is 6.29 Å². The molecular weight excluding hydrogens is 124 g/mol. The van der Waals surface area contributed by atoms with Crippen LogP contribution in [0.2, 0.25) is 0 Å². The maximum Gasteiger partial charge on any atom is 0.198 e. The molecule has 0 aliphatic carbocycles. The molecule has 55 valence electrons. The Morgan fingerprint density at radius 3 is 2.50 bits per heavy atom. The molecule has 0 heterocycles. The fourth-order valence-corrected chi connectivity index (χ4v) is 0.592. The normalized spacial score (nSPS) is 10.0. The zero-order valence-corrected chi connectivity index (χ0v) is 6.18. The van der Waals surface area contributed by atoms with Crippen LogP contribution in [0.5, 0.6) is 0 Å². The van der Waals surface area contributed by atoms with Crippen molar-refractivity contribution in [3.05, 3.63) is 24.8 Å². The lowest BCUT2D eigenvalue weighted by Gasteiger charge is -1.84. The number of hydrogen-bond donors (Lipinski definition) is 0. The third-order valence-electron chi connectivity index (χ3n) is 1.12. The molecule has 0 bridgehead atoms. The quantitative estimate of drug-likeness (QED) is 0.406. The second-order valence-electron chi connectivity index (χ2n) is 2.02. The first-order valence-electron chi connectivity index (χ1n) is 3.52. The van der Waals surface area contributed by atoms with Crippen LogP contribution in [-0.2, 0) is 4.79 Å². The van der Waals surface area contributed by atoms with E-state index in [4.69, 9.17) is 0 Å². The van der Waals surface area contributed by atoms with E-state index in [-0.39, 0.29) is 0 Å². The van der Waals surface area contributed by atoms with Gasteiger partial charge < -0.3 is 0 Å². The van der Waals surface area contributed by atoms with E-state index in [0.29, 0.717) is 6.42 Å². The van der Waals surface area contributed by atoms with Crippen molar-refractivity contribution >= 4 is 6.29 Å². The molecule has 0 aromatic rings. The Kier molecular flexibility index (Phi) is 7.46. The van der Waals surface area contributed by atoms with E-state index in [2.05, 4.69) is 12.7 Å². The summed E-state index contributed by atoms with van der Waals surface area (Å²) in [5, 5.41) is 0. The van der Waals surface area contributed by atoms with Crippen molar-refractivity contribution in [2.24, 2.45) is 0 Å². The molecule has 0 N–H and O–H groups in total. The molecule has 1 nitrogen and oxygen atoms in total. The van der Waals surface area contributed by atoms with E-state index in [9.17, 15) is 4.79 Å². The van der Waals surface area contributed by atoms with Gasteiger partial charge in [0.25, 0.3) is 0 Å². The number of carbonyl (C=O) groups excluding carboxylic acids is 1. The summed E-state index contributed by atoms with van der Waals surface area (Å²) in [4.78, 5) is 9.72. The lowest BCUT2D eigenvalue weighted by molar-refractivity contribution is 0.552. The second-order valence-corrected chi connectivity index (χ2v) is 2.02. The number of allylic oxidation sites excluding steroid dienone is 3. The molecule has 0 unspecified atom stereocenters. The van der Waals surface area contributed by atoms with Gasteiger partial charge in [-0.1, -0.05) is 18.2 Å². The molecular formula is C9H13O. The van der Waals surface area contributed by atoms with Crippen LogP contribution in [0.15, 0.2) is 24.8 Å². The van der Waals surface area contributed by atoms with Crippen LogP contribution in [0.1, 0.15) is 25.7 Å². The molecule has 10 heavy (non-hydrogen) atoms. The van der Waals surface area contributed by atoms with Gasteiger partial charge in [-0.3, -0.25) is 4.79 Å². The third-order valence-corrected chi connectivity index (χ3v) is 1.12. The maximum atomic E-state index is 9.72. The molecule has 0 aliphatic rings. The topological polar surface area (TPSA) is 17.1 Å². The summed E-state index contributed by atoms with van der Waals surface area (Å²) in [7, 11) is 0. The van der Waals surface area contributed by atoms with Crippen molar-refractivity contribution < 1.29 is 4.79 Å². The SMILES string of the molecule is C=CCCC=CCC[C]=O. The third kappa shape index (κ3) is 7.15. The minimum Gasteiger partial charge on any atom is -0.291 e. The summed E-state index contributed by atoms with van der Waals surface area (Å²) in [6, 6.07) is 0. The summed E-state index contributed by atoms with van der Waals surface area (Å²) in [5.74, 6) is 0. The Balaban J connectivity index is 3.03. The summed E-state index contributed by atoms with van der Waals surface area (Å²) in [6.07, 6.45) is 11.2. The molecule has 0 aromatic carbocycles. The van der Waals surface area contributed by atoms with Gasteiger partial charge in [0.1, 0.15) is 0 Å². The number of rotatable bonds is 6. The van der Waals surface area contributed by atoms with Crippen LogP contribution in [0.4, 0.5) is 0 Å². The van der Waals surface area contributed by atoms with E-state index in [1.807, 2.05) is 18.4 Å². The van der Waals surface area contributed by atoms with Crippen molar-refractivity contribution in [1.29, 1.82) is 0 Å². The highest BCUT2D eigenvalue weighted by atomic mass is 16.1. The molecule has 0 spiro atoms. The predicted molar refractivity (Wildman–Crippen MR) is 43.5 cm³/mol. The zero-order chi connectivity index (χ0) is 7.66. The van der Waals surface area contributed by atoms with Gasteiger partial charge in [0, 0.05) is 6.42 Å². The van der Waals surface area contributed by atoms with Gasteiger partial charge in [-0.25, -0.2) is 0 Å². The fourth-order valence-electron chi connectivity index (χ4n) is 0.592. The van der Waals surface area contributed by atoms with Gasteiger partial charge in [0.2, 0.25) is 0 Å². The fraction of sp³-hybridized carbons (Fsp3) is 0.444. The highest BCUT2D eigenvalue weighted by Gasteiger charge is 1.78. The van der Waals surface area contributed by atoms with Gasteiger partial charge in [-0.2, -0.15) is 0 Å². The second kappa shape index (κ2) is 8.15. The molecule has 0 fully saturated rings. The van der Waals surface area contributed by atoms with Gasteiger partial charge in [-0.15, -0.1) is 6.58 Å². The number of unbranched alkanes of at least 4 members (excludes halogenated alkanes) is 2. The van der Waals surface area contributed by atoms with Crippen molar-refractivity contribution in [2.45, 2.75) is 25.7 Å². The molecule has 0 aromatic heterocycles. The van der Waals surface area contributed by atoms with Gasteiger partial charge >= 0.3 is 0 Å². The molecule has 0 atom stereocenters. The average Bonchev–Trinajstić information content (AvgIpc) is 1.97. The first-order chi connectivity index (χ1) is 4.91. The van der Waals surface area contributed by atoms with Crippen molar-refractivity contribution in [2.75, 3.05) is 0 Å². The van der Waals surface area contributed by atoms with E-state index >= 15 is 0 Å². The first kappa shape index (κ1) is 9.15. The van der Waals surface area contributed by atoms with Crippen LogP contribution in [0, 0.1) is 0 Å². The Morgan fingerprint density at radius 2 is 1.90 bits per heavy atom. The standard InChI is InChI=1S/C9H13O/c1-2-3-4-5-6-7-8-9-10/h2,5-6H,1,3-4,7-8H2. The maximum absolute atomic E-state index is 9.72. The summed E-state index contributed by atoms with van der Waals surface area (Å²) in [5.41, 5.74) is 0. The average molecular weight is 137 g/mol. The van der Waals surface area contributed by atoms with E-state index in [0.717, 1.165) is 19.3 Å². The zero-order valence-electron chi connectivity index (χ0n) is 6.18. The Bertz CT molecular complexity index is 99.9. The largest absolute Gasteiger partial charge is 0.291 e. The van der Waals surface area contributed by atoms with E-state index < -0.39 is 0 Å².